The predicted octanol–water partition coefficient (Wildman–Crippen LogP) is 2.84. The molecule has 0 unspecified atom stereocenters. The van der Waals surface area contributed by atoms with Gasteiger partial charge < -0.3 is 9.84 Å². The molecule has 2 aromatic heterocycles. The van der Waals surface area contributed by atoms with Crippen molar-refractivity contribution in [2.75, 3.05) is 6.54 Å². The zero-order valence-corrected chi connectivity index (χ0v) is 10.8. The third-order valence-electron chi connectivity index (χ3n) is 1.83. The summed E-state index contributed by atoms with van der Waals surface area (Å²) in [5.74, 6) is 1.22. The molecule has 2 rings (SSSR count). The van der Waals surface area contributed by atoms with Crippen LogP contribution in [0.5, 0.6) is 0 Å². The van der Waals surface area contributed by atoms with Gasteiger partial charge in [0.1, 0.15) is 0 Å². The molecule has 0 fully saturated rings. The van der Waals surface area contributed by atoms with Gasteiger partial charge >= 0.3 is 0 Å². The normalized spacial score (nSPS) is 10.6. The van der Waals surface area contributed by atoms with Crippen LogP contribution in [-0.2, 0) is 6.54 Å². The molecule has 0 aromatic carbocycles. The highest BCUT2D eigenvalue weighted by Crippen LogP contribution is 2.29. The molecule has 2 aromatic rings. The van der Waals surface area contributed by atoms with Crippen molar-refractivity contribution in [1.29, 1.82) is 0 Å². The number of aromatic nitrogens is 2. The second-order valence-corrected chi connectivity index (χ2v) is 5.50. The molecule has 0 aliphatic heterocycles. The van der Waals surface area contributed by atoms with Crippen molar-refractivity contribution in [3.05, 3.63) is 34.5 Å². The molecule has 0 aliphatic carbocycles. The molecular weight excluding hydrogens is 290 g/mol. The molecule has 84 valence electrons. The van der Waals surface area contributed by atoms with Crippen LogP contribution in [0.25, 0.3) is 10.7 Å². The van der Waals surface area contributed by atoms with E-state index in [1.807, 2.05) is 12.1 Å². The number of nitrogens with one attached hydrogen (secondary N) is 1. The van der Waals surface area contributed by atoms with Crippen LogP contribution in [0.4, 0.5) is 0 Å². The van der Waals surface area contributed by atoms with Gasteiger partial charge in [0, 0.05) is 6.54 Å². The summed E-state index contributed by atoms with van der Waals surface area (Å²) in [7, 11) is 0. The highest BCUT2D eigenvalue weighted by atomic mass is 79.9. The lowest BCUT2D eigenvalue weighted by atomic mass is 10.4. The number of halogens is 1. The molecule has 2 heterocycles. The van der Waals surface area contributed by atoms with E-state index >= 15 is 0 Å². The lowest BCUT2D eigenvalue weighted by molar-refractivity contribution is 0.370. The number of nitrogens with zero attached hydrogens (tertiary/aromatic N) is 2. The van der Waals surface area contributed by atoms with Crippen molar-refractivity contribution in [1.82, 2.24) is 15.5 Å². The van der Waals surface area contributed by atoms with Crippen LogP contribution in [0.2, 0.25) is 0 Å². The van der Waals surface area contributed by atoms with Crippen LogP contribution in [0.3, 0.4) is 0 Å². The van der Waals surface area contributed by atoms with Gasteiger partial charge in [0.2, 0.25) is 11.7 Å². The van der Waals surface area contributed by atoms with Gasteiger partial charge in [-0.2, -0.15) is 4.98 Å². The Balaban J connectivity index is 2.04. The molecule has 0 amide bonds. The molecule has 1 N–H and O–H groups in total. The minimum Gasteiger partial charge on any atom is -0.338 e. The van der Waals surface area contributed by atoms with Crippen molar-refractivity contribution >= 4 is 27.3 Å². The van der Waals surface area contributed by atoms with Gasteiger partial charge in [0.15, 0.2) is 0 Å². The lowest BCUT2D eigenvalue weighted by Crippen LogP contribution is -2.12. The topological polar surface area (TPSA) is 51.0 Å². The van der Waals surface area contributed by atoms with E-state index in [1.54, 1.807) is 17.4 Å². The maximum Gasteiger partial charge on any atom is 0.240 e. The first kappa shape index (κ1) is 11.5. The zero-order chi connectivity index (χ0) is 11.4. The van der Waals surface area contributed by atoms with Gasteiger partial charge in [-0.1, -0.05) is 11.2 Å². The Hall–Kier alpha value is -0.980. The minimum atomic E-state index is 0.561. The average Bonchev–Trinajstić information content (AvgIpc) is 2.87. The van der Waals surface area contributed by atoms with Crippen LogP contribution >= 0.6 is 27.3 Å². The van der Waals surface area contributed by atoms with Crippen molar-refractivity contribution in [2.45, 2.75) is 6.54 Å². The molecule has 0 bridgehead atoms. The van der Waals surface area contributed by atoms with Gasteiger partial charge in [-0.25, -0.2) is 0 Å². The monoisotopic (exact) mass is 299 g/mol. The average molecular weight is 300 g/mol. The SMILES string of the molecule is C=CCNCc1nc(-c2ccc(Br)s2)no1. The second-order valence-electron chi connectivity index (χ2n) is 3.04. The Morgan fingerprint density at radius 2 is 2.44 bits per heavy atom. The van der Waals surface area contributed by atoms with Crippen LogP contribution in [0.15, 0.2) is 33.1 Å². The first-order valence-corrected chi connectivity index (χ1v) is 6.30. The van der Waals surface area contributed by atoms with E-state index in [2.05, 4.69) is 38.0 Å². The molecule has 0 spiro atoms. The molecule has 0 aliphatic rings. The van der Waals surface area contributed by atoms with Crippen molar-refractivity contribution in [3.8, 4) is 10.7 Å². The Bertz CT molecular complexity index is 480. The van der Waals surface area contributed by atoms with E-state index in [9.17, 15) is 0 Å². The number of hydrogen-bond acceptors (Lipinski definition) is 5. The summed E-state index contributed by atoms with van der Waals surface area (Å²) < 4.78 is 6.16. The molecule has 0 atom stereocenters. The van der Waals surface area contributed by atoms with Crippen LogP contribution in [-0.4, -0.2) is 16.7 Å². The molecule has 6 heteroatoms. The van der Waals surface area contributed by atoms with Crippen molar-refractivity contribution in [3.63, 3.8) is 0 Å². The van der Waals surface area contributed by atoms with Gasteiger partial charge in [0.05, 0.1) is 15.2 Å². The fraction of sp³-hybridized carbons (Fsp3) is 0.200. The highest BCUT2D eigenvalue weighted by molar-refractivity contribution is 9.11. The number of rotatable bonds is 5. The Morgan fingerprint density at radius 1 is 1.56 bits per heavy atom. The molecule has 16 heavy (non-hydrogen) atoms. The fourth-order valence-electron chi connectivity index (χ4n) is 1.14. The van der Waals surface area contributed by atoms with Gasteiger partial charge in [-0.15, -0.1) is 17.9 Å². The minimum absolute atomic E-state index is 0.561. The van der Waals surface area contributed by atoms with Crippen LogP contribution in [0.1, 0.15) is 5.89 Å². The van der Waals surface area contributed by atoms with E-state index in [0.717, 1.165) is 15.2 Å². The standard InChI is InChI=1S/C10H10BrN3OS/c1-2-5-12-6-9-13-10(14-15-9)7-3-4-8(11)16-7/h2-4,12H,1,5-6H2. The first-order valence-electron chi connectivity index (χ1n) is 4.69. The van der Waals surface area contributed by atoms with Gasteiger partial charge in [0.25, 0.3) is 0 Å². The summed E-state index contributed by atoms with van der Waals surface area (Å²) in [4.78, 5) is 5.27. The van der Waals surface area contributed by atoms with Gasteiger partial charge in [-0.3, -0.25) is 0 Å². The van der Waals surface area contributed by atoms with Gasteiger partial charge in [-0.05, 0) is 28.1 Å². The maximum absolute atomic E-state index is 5.11. The lowest BCUT2D eigenvalue weighted by Gasteiger charge is -1.93. The summed E-state index contributed by atoms with van der Waals surface area (Å²) in [5, 5.41) is 7.02. The predicted molar refractivity (Wildman–Crippen MR) is 67.2 cm³/mol. The summed E-state index contributed by atoms with van der Waals surface area (Å²) in [5.41, 5.74) is 0. The summed E-state index contributed by atoms with van der Waals surface area (Å²) in [6.07, 6.45) is 1.79. The highest BCUT2D eigenvalue weighted by Gasteiger charge is 2.09. The fourth-order valence-corrected chi connectivity index (χ4v) is 2.45. The summed E-state index contributed by atoms with van der Waals surface area (Å²) in [6, 6.07) is 3.92. The molecular formula is C10H10BrN3OS. The second kappa shape index (κ2) is 5.38. The summed E-state index contributed by atoms with van der Waals surface area (Å²) >= 11 is 4.97. The molecule has 0 saturated heterocycles. The summed E-state index contributed by atoms with van der Waals surface area (Å²) in [6.45, 7) is 4.90. The van der Waals surface area contributed by atoms with E-state index in [-0.39, 0.29) is 0 Å². The smallest absolute Gasteiger partial charge is 0.240 e. The van der Waals surface area contributed by atoms with E-state index in [1.165, 1.54) is 0 Å². The number of thiophene rings is 1. The van der Waals surface area contributed by atoms with Crippen LogP contribution < -0.4 is 5.32 Å². The van der Waals surface area contributed by atoms with Crippen molar-refractivity contribution < 1.29 is 4.52 Å². The third kappa shape index (κ3) is 2.78. The Morgan fingerprint density at radius 3 is 3.12 bits per heavy atom. The molecule has 0 radical (unpaired) electrons. The zero-order valence-electron chi connectivity index (χ0n) is 8.44. The Labute approximate surface area is 106 Å². The quantitative estimate of drug-likeness (QED) is 0.681. The molecule has 0 saturated carbocycles. The van der Waals surface area contributed by atoms with Crippen molar-refractivity contribution in [2.24, 2.45) is 0 Å². The number of hydrogen-bond donors (Lipinski definition) is 1. The van der Waals surface area contributed by atoms with E-state index in [0.29, 0.717) is 18.3 Å². The first-order chi connectivity index (χ1) is 7.79. The van der Waals surface area contributed by atoms with Crippen LogP contribution in [0, 0.1) is 0 Å². The maximum atomic E-state index is 5.11. The van der Waals surface area contributed by atoms with E-state index < -0.39 is 0 Å². The van der Waals surface area contributed by atoms with E-state index in [4.69, 9.17) is 4.52 Å². The third-order valence-corrected chi connectivity index (χ3v) is 3.45. The molecule has 4 nitrogen and oxygen atoms in total. The largest absolute Gasteiger partial charge is 0.338 e. The Kier molecular flexibility index (Phi) is 3.87.